The van der Waals surface area contributed by atoms with E-state index in [2.05, 4.69) is 5.32 Å². The van der Waals surface area contributed by atoms with Crippen molar-refractivity contribution in [3.05, 3.63) is 29.8 Å². The van der Waals surface area contributed by atoms with Gasteiger partial charge >= 0.3 is 0 Å². The zero-order chi connectivity index (χ0) is 14.4. The zero-order valence-corrected chi connectivity index (χ0v) is 12.4. The van der Waals surface area contributed by atoms with Gasteiger partial charge < -0.3 is 10.1 Å². The normalized spacial score (nSPS) is 15.8. The Morgan fingerprint density at radius 1 is 1.25 bits per heavy atom. The topological polar surface area (TPSA) is 55.4 Å². The highest BCUT2D eigenvalue weighted by Gasteiger charge is 2.15. The summed E-state index contributed by atoms with van der Waals surface area (Å²) >= 11 is 1.48. The standard InChI is InChI=1S/C15H19NO3S/c1-11(17)12-2-4-14(5-3-12)20-10-15(18)16-13-6-8-19-9-7-13/h2-5,13H,6-10H2,1H3,(H,16,18). The van der Waals surface area contributed by atoms with E-state index in [1.807, 2.05) is 12.1 Å². The molecular weight excluding hydrogens is 274 g/mol. The van der Waals surface area contributed by atoms with E-state index < -0.39 is 0 Å². The number of hydrogen-bond acceptors (Lipinski definition) is 4. The molecule has 0 unspecified atom stereocenters. The lowest BCUT2D eigenvalue weighted by molar-refractivity contribution is -0.119. The quantitative estimate of drug-likeness (QED) is 0.668. The maximum atomic E-state index is 11.8. The Morgan fingerprint density at radius 3 is 2.50 bits per heavy atom. The number of carbonyl (C=O) groups excluding carboxylic acids is 2. The number of amides is 1. The molecule has 1 N–H and O–H groups in total. The fourth-order valence-corrected chi connectivity index (χ4v) is 2.76. The Kier molecular flexibility index (Phi) is 5.61. The Bertz CT molecular complexity index is 467. The summed E-state index contributed by atoms with van der Waals surface area (Å²) < 4.78 is 5.26. The molecule has 0 atom stereocenters. The lowest BCUT2D eigenvalue weighted by Gasteiger charge is -2.22. The lowest BCUT2D eigenvalue weighted by Crippen LogP contribution is -2.39. The van der Waals surface area contributed by atoms with Crippen LogP contribution in [-0.4, -0.2) is 36.7 Å². The van der Waals surface area contributed by atoms with E-state index in [0.717, 1.165) is 31.0 Å². The Balaban J connectivity index is 1.76. The second-order valence-electron chi connectivity index (χ2n) is 4.82. The van der Waals surface area contributed by atoms with Crippen molar-refractivity contribution in [3.8, 4) is 0 Å². The van der Waals surface area contributed by atoms with E-state index >= 15 is 0 Å². The van der Waals surface area contributed by atoms with Gasteiger partial charge in [0.2, 0.25) is 5.91 Å². The molecule has 0 aromatic heterocycles. The first-order valence-corrected chi connectivity index (χ1v) is 7.74. The van der Waals surface area contributed by atoms with Gasteiger partial charge in [-0.05, 0) is 31.9 Å². The number of rotatable bonds is 5. The molecule has 0 radical (unpaired) electrons. The van der Waals surface area contributed by atoms with Crippen LogP contribution in [0.5, 0.6) is 0 Å². The summed E-state index contributed by atoms with van der Waals surface area (Å²) in [5.41, 5.74) is 0.695. The Hall–Kier alpha value is -1.33. The van der Waals surface area contributed by atoms with Crippen LogP contribution < -0.4 is 5.32 Å². The van der Waals surface area contributed by atoms with Gasteiger partial charge in [-0.1, -0.05) is 12.1 Å². The molecule has 0 bridgehead atoms. The predicted molar refractivity (Wildman–Crippen MR) is 79.2 cm³/mol. The maximum Gasteiger partial charge on any atom is 0.230 e. The van der Waals surface area contributed by atoms with Gasteiger partial charge in [-0.3, -0.25) is 9.59 Å². The van der Waals surface area contributed by atoms with Crippen LogP contribution in [0.25, 0.3) is 0 Å². The molecule has 20 heavy (non-hydrogen) atoms. The molecule has 1 amide bonds. The summed E-state index contributed by atoms with van der Waals surface area (Å²) in [6.45, 7) is 3.00. The third-order valence-electron chi connectivity index (χ3n) is 3.22. The molecule has 1 aromatic rings. The molecule has 0 saturated carbocycles. The van der Waals surface area contributed by atoms with E-state index in [-0.39, 0.29) is 17.7 Å². The zero-order valence-electron chi connectivity index (χ0n) is 11.6. The highest BCUT2D eigenvalue weighted by Crippen LogP contribution is 2.18. The molecule has 1 heterocycles. The summed E-state index contributed by atoms with van der Waals surface area (Å²) in [4.78, 5) is 24.0. The van der Waals surface area contributed by atoms with Gasteiger partial charge in [-0.2, -0.15) is 0 Å². The van der Waals surface area contributed by atoms with Crippen LogP contribution in [0.15, 0.2) is 29.2 Å². The first kappa shape index (κ1) is 15.1. The minimum atomic E-state index is 0.0533. The minimum absolute atomic E-state index is 0.0533. The summed E-state index contributed by atoms with van der Waals surface area (Å²) in [5, 5.41) is 3.02. The van der Waals surface area contributed by atoms with Crippen LogP contribution in [-0.2, 0) is 9.53 Å². The van der Waals surface area contributed by atoms with Crippen molar-refractivity contribution >= 4 is 23.5 Å². The summed E-state index contributed by atoms with van der Waals surface area (Å²) in [6.07, 6.45) is 1.79. The first-order chi connectivity index (χ1) is 9.65. The molecule has 1 aromatic carbocycles. The van der Waals surface area contributed by atoms with Crippen LogP contribution >= 0.6 is 11.8 Å². The van der Waals surface area contributed by atoms with Crippen molar-refractivity contribution in [2.45, 2.75) is 30.7 Å². The molecule has 1 aliphatic rings. The Labute approximate surface area is 123 Å². The van der Waals surface area contributed by atoms with E-state index in [1.54, 1.807) is 19.1 Å². The Morgan fingerprint density at radius 2 is 1.90 bits per heavy atom. The molecule has 1 aliphatic heterocycles. The van der Waals surface area contributed by atoms with Gasteiger partial charge in [0.15, 0.2) is 5.78 Å². The first-order valence-electron chi connectivity index (χ1n) is 6.76. The van der Waals surface area contributed by atoms with Crippen LogP contribution in [0.4, 0.5) is 0 Å². The fraction of sp³-hybridized carbons (Fsp3) is 0.467. The number of benzene rings is 1. The van der Waals surface area contributed by atoms with Gasteiger partial charge in [-0.25, -0.2) is 0 Å². The summed E-state index contributed by atoms with van der Waals surface area (Å²) in [5.74, 6) is 0.507. The number of nitrogens with one attached hydrogen (secondary N) is 1. The summed E-state index contributed by atoms with van der Waals surface area (Å²) in [7, 11) is 0. The largest absolute Gasteiger partial charge is 0.381 e. The van der Waals surface area contributed by atoms with Crippen LogP contribution in [0.3, 0.4) is 0 Å². The number of Topliss-reactive ketones (excluding diaryl/α,β-unsaturated/α-hetero) is 1. The summed E-state index contributed by atoms with van der Waals surface area (Å²) in [6, 6.07) is 7.59. The van der Waals surface area contributed by atoms with Gasteiger partial charge in [0.05, 0.1) is 5.75 Å². The molecule has 1 fully saturated rings. The van der Waals surface area contributed by atoms with Crippen molar-refractivity contribution in [1.82, 2.24) is 5.32 Å². The lowest BCUT2D eigenvalue weighted by atomic mass is 10.1. The number of hydrogen-bond donors (Lipinski definition) is 1. The van der Waals surface area contributed by atoms with Crippen molar-refractivity contribution in [2.75, 3.05) is 19.0 Å². The average molecular weight is 293 g/mol. The number of ether oxygens (including phenoxy) is 1. The molecule has 4 nitrogen and oxygen atoms in total. The monoisotopic (exact) mass is 293 g/mol. The fourth-order valence-electron chi connectivity index (χ4n) is 2.05. The van der Waals surface area contributed by atoms with Crippen molar-refractivity contribution in [2.24, 2.45) is 0 Å². The van der Waals surface area contributed by atoms with E-state index in [9.17, 15) is 9.59 Å². The highest BCUT2D eigenvalue weighted by molar-refractivity contribution is 8.00. The van der Waals surface area contributed by atoms with Gasteiger partial charge in [0.25, 0.3) is 0 Å². The second kappa shape index (κ2) is 7.45. The van der Waals surface area contributed by atoms with Crippen molar-refractivity contribution in [1.29, 1.82) is 0 Å². The minimum Gasteiger partial charge on any atom is -0.381 e. The molecule has 2 rings (SSSR count). The van der Waals surface area contributed by atoms with Crippen molar-refractivity contribution < 1.29 is 14.3 Å². The highest BCUT2D eigenvalue weighted by atomic mass is 32.2. The van der Waals surface area contributed by atoms with Crippen LogP contribution in [0.2, 0.25) is 0 Å². The molecule has 0 aliphatic carbocycles. The van der Waals surface area contributed by atoms with E-state index in [0.29, 0.717) is 11.3 Å². The number of thioether (sulfide) groups is 1. The third-order valence-corrected chi connectivity index (χ3v) is 4.23. The molecule has 1 saturated heterocycles. The SMILES string of the molecule is CC(=O)c1ccc(SCC(=O)NC2CCOCC2)cc1. The number of carbonyl (C=O) groups is 2. The smallest absolute Gasteiger partial charge is 0.230 e. The van der Waals surface area contributed by atoms with Gasteiger partial charge in [-0.15, -0.1) is 11.8 Å². The van der Waals surface area contributed by atoms with Gasteiger partial charge in [0, 0.05) is 29.7 Å². The second-order valence-corrected chi connectivity index (χ2v) is 5.87. The molecular formula is C15H19NO3S. The third kappa shape index (κ3) is 4.65. The average Bonchev–Trinajstić information content (AvgIpc) is 2.46. The van der Waals surface area contributed by atoms with E-state index in [4.69, 9.17) is 4.74 Å². The van der Waals surface area contributed by atoms with Crippen molar-refractivity contribution in [3.63, 3.8) is 0 Å². The maximum absolute atomic E-state index is 11.8. The number of ketones is 1. The van der Waals surface area contributed by atoms with Gasteiger partial charge in [0.1, 0.15) is 0 Å². The molecule has 5 heteroatoms. The van der Waals surface area contributed by atoms with Crippen LogP contribution in [0, 0.1) is 0 Å². The molecule has 108 valence electrons. The molecule has 0 spiro atoms. The van der Waals surface area contributed by atoms with Crippen LogP contribution in [0.1, 0.15) is 30.1 Å². The predicted octanol–water partition coefficient (Wildman–Crippen LogP) is 2.28. The van der Waals surface area contributed by atoms with E-state index in [1.165, 1.54) is 11.8 Å².